The zero-order valence-electron chi connectivity index (χ0n) is 16.0. The Balaban J connectivity index is 1.50. The van der Waals surface area contributed by atoms with Gasteiger partial charge in [0.15, 0.2) is 5.13 Å². The summed E-state index contributed by atoms with van der Waals surface area (Å²) < 4.78 is 4.89. The van der Waals surface area contributed by atoms with Crippen LogP contribution in [0.15, 0.2) is 46.8 Å². The molecule has 29 heavy (non-hydrogen) atoms. The van der Waals surface area contributed by atoms with E-state index in [0.29, 0.717) is 22.5 Å². The molecule has 7 nitrogen and oxygen atoms in total. The predicted molar refractivity (Wildman–Crippen MR) is 114 cm³/mol. The Bertz CT molecular complexity index is 989. The number of carbonyl (C=O) groups is 2. The summed E-state index contributed by atoms with van der Waals surface area (Å²) in [5.74, 6) is -0.346. The van der Waals surface area contributed by atoms with Gasteiger partial charge >= 0.3 is 5.97 Å². The zero-order chi connectivity index (χ0) is 20.6. The van der Waals surface area contributed by atoms with Crippen molar-refractivity contribution in [3.8, 4) is 11.3 Å². The number of hydrogen-bond acceptors (Lipinski definition) is 8. The van der Waals surface area contributed by atoms with Gasteiger partial charge in [0, 0.05) is 10.9 Å². The molecule has 0 aliphatic carbocycles. The maximum atomic E-state index is 12.1. The Morgan fingerprint density at radius 1 is 1.17 bits per heavy atom. The number of thiazole rings is 1. The number of rotatable bonds is 8. The molecule has 0 aliphatic rings. The number of amides is 1. The Morgan fingerprint density at radius 3 is 2.72 bits per heavy atom. The fourth-order valence-corrected chi connectivity index (χ4v) is 3.84. The number of anilines is 1. The van der Waals surface area contributed by atoms with Crippen LogP contribution in [0.1, 0.15) is 18.2 Å². The number of carbonyl (C=O) groups excluding carboxylic acids is 2. The lowest BCUT2D eigenvalue weighted by Gasteiger charge is -2.05. The molecule has 0 saturated carbocycles. The first-order chi connectivity index (χ1) is 14.0. The highest BCUT2D eigenvalue weighted by molar-refractivity contribution is 7.99. The standard InChI is InChI=1S/C20H20N4O3S2/c1-3-27-19(26)10-14-11-29-20(21-14)22-17(25)12-28-18-9-8-16(23-24-18)15-7-5-4-6-13(15)2/h4-9,11H,3,10,12H2,1-2H3,(H,21,22,25). The molecule has 0 spiro atoms. The molecule has 0 fully saturated rings. The quantitative estimate of drug-likeness (QED) is 0.431. The van der Waals surface area contributed by atoms with Crippen LogP contribution in [0, 0.1) is 6.92 Å². The van der Waals surface area contributed by atoms with Crippen molar-refractivity contribution in [2.75, 3.05) is 17.7 Å². The molecule has 0 saturated heterocycles. The van der Waals surface area contributed by atoms with Crippen LogP contribution in [0.25, 0.3) is 11.3 Å². The highest BCUT2D eigenvalue weighted by Gasteiger charge is 2.11. The molecule has 0 atom stereocenters. The van der Waals surface area contributed by atoms with E-state index in [1.165, 1.54) is 23.1 Å². The number of nitrogens with one attached hydrogen (secondary N) is 1. The predicted octanol–water partition coefficient (Wildman–Crippen LogP) is 3.74. The first-order valence-corrected chi connectivity index (χ1v) is 10.8. The van der Waals surface area contributed by atoms with Crippen molar-refractivity contribution < 1.29 is 14.3 Å². The Kier molecular flexibility index (Phi) is 7.31. The number of benzene rings is 1. The van der Waals surface area contributed by atoms with Gasteiger partial charge in [0.05, 0.1) is 30.2 Å². The second-order valence-corrected chi connectivity index (χ2v) is 7.89. The van der Waals surface area contributed by atoms with Gasteiger partial charge < -0.3 is 10.1 Å². The van der Waals surface area contributed by atoms with E-state index < -0.39 is 0 Å². The molecule has 3 aromatic rings. The average molecular weight is 429 g/mol. The van der Waals surface area contributed by atoms with Crippen molar-refractivity contribution in [3.05, 3.63) is 53.0 Å². The molecule has 0 aliphatic heterocycles. The highest BCUT2D eigenvalue weighted by atomic mass is 32.2. The minimum Gasteiger partial charge on any atom is -0.466 e. The molecule has 1 amide bonds. The molecule has 9 heteroatoms. The summed E-state index contributed by atoms with van der Waals surface area (Å²) >= 11 is 2.57. The molecular weight excluding hydrogens is 408 g/mol. The van der Waals surface area contributed by atoms with Gasteiger partial charge in [-0.3, -0.25) is 9.59 Å². The van der Waals surface area contributed by atoms with Crippen molar-refractivity contribution in [2.24, 2.45) is 0 Å². The lowest BCUT2D eigenvalue weighted by Crippen LogP contribution is -2.14. The summed E-state index contributed by atoms with van der Waals surface area (Å²) in [7, 11) is 0. The van der Waals surface area contributed by atoms with Crippen LogP contribution in [0.3, 0.4) is 0 Å². The van der Waals surface area contributed by atoms with Crippen LogP contribution in [-0.2, 0) is 20.7 Å². The number of aryl methyl sites for hydroxylation is 1. The third-order valence-electron chi connectivity index (χ3n) is 3.84. The maximum absolute atomic E-state index is 12.1. The molecular formula is C20H20N4O3S2. The highest BCUT2D eigenvalue weighted by Crippen LogP contribution is 2.23. The van der Waals surface area contributed by atoms with E-state index in [1.807, 2.05) is 43.3 Å². The average Bonchev–Trinajstić information content (AvgIpc) is 3.14. The van der Waals surface area contributed by atoms with E-state index in [-0.39, 0.29) is 24.1 Å². The van der Waals surface area contributed by atoms with E-state index in [1.54, 1.807) is 12.3 Å². The minimum absolute atomic E-state index is 0.0950. The van der Waals surface area contributed by atoms with Gasteiger partial charge in [-0.2, -0.15) is 0 Å². The Hall–Kier alpha value is -2.78. The monoisotopic (exact) mass is 428 g/mol. The lowest BCUT2D eigenvalue weighted by atomic mass is 10.1. The van der Waals surface area contributed by atoms with Crippen LogP contribution in [0.4, 0.5) is 5.13 Å². The van der Waals surface area contributed by atoms with Gasteiger partial charge in [-0.1, -0.05) is 36.0 Å². The van der Waals surface area contributed by atoms with Gasteiger partial charge in [0.1, 0.15) is 5.03 Å². The first-order valence-electron chi connectivity index (χ1n) is 8.97. The van der Waals surface area contributed by atoms with Gasteiger partial charge in [0.25, 0.3) is 0 Å². The molecule has 2 aromatic heterocycles. The van der Waals surface area contributed by atoms with Crippen molar-refractivity contribution >= 4 is 40.1 Å². The molecule has 0 unspecified atom stereocenters. The first kappa shape index (κ1) is 20.9. The second kappa shape index (κ2) is 10.1. The van der Waals surface area contributed by atoms with Gasteiger partial charge in [-0.05, 0) is 31.5 Å². The topological polar surface area (TPSA) is 94.1 Å². The van der Waals surface area contributed by atoms with Crippen molar-refractivity contribution in [1.82, 2.24) is 15.2 Å². The number of thioether (sulfide) groups is 1. The SMILES string of the molecule is CCOC(=O)Cc1csc(NC(=O)CSc2ccc(-c3ccccc3C)nn2)n1. The molecule has 2 heterocycles. The van der Waals surface area contributed by atoms with Crippen LogP contribution in [0.5, 0.6) is 0 Å². The van der Waals surface area contributed by atoms with E-state index in [4.69, 9.17) is 4.74 Å². The molecule has 3 rings (SSSR count). The normalized spacial score (nSPS) is 10.6. The molecule has 0 radical (unpaired) electrons. The fourth-order valence-electron chi connectivity index (χ4n) is 2.50. The number of aromatic nitrogens is 3. The summed E-state index contributed by atoms with van der Waals surface area (Å²) in [5.41, 5.74) is 3.55. The summed E-state index contributed by atoms with van der Waals surface area (Å²) in [6.07, 6.45) is 0.0950. The molecule has 1 N–H and O–H groups in total. The third-order valence-corrected chi connectivity index (χ3v) is 5.57. The summed E-state index contributed by atoms with van der Waals surface area (Å²) in [6.45, 7) is 4.11. The van der Waals surface area contributed by atoms with Gasteiger partial charge in [-0.15, -0.1) is 21.5 Å². The summed E-state index contributed by atoms with van der Waals surface area (Å²) in [6, 6.07) is 11.7. The largest absolute Gasteiger partial charge is 0.466 e. The van der Waals surface area contributed by atoms with Crippen molar-refractivity contribution in [2.45, 2.75) is 25.3 Å². The number of ether oxygens (including phenoxy) is 1. The third kappa shape index (κ3) is 6.10. The number of hydrogen-bond donors (Lipinski definition) is 1. The number of nitrogens with zero attached hydrogens (tertiary/aromatic N) is 3. The van der Waals surface area contributed by atoms with Gasteiger partial charge in [-0.25, -0.2) is 4.98 Å². The lowest BCUT2D eigenvalue weighted by molar-refractivity contribution is -0.142. The van der Waals surface area contributed by atoms with E-state index in [2.05, 4.69) is 20.5 Å². The van der Waals surface area contributed by atoms with Crippen molar-refractivity contribution in [1.29, 1.82) is 0 Å². The molecule has 0 bridgehead atoms. The fraction of sp³-hybridized carbons (Fsp3) is 0.250. The summed E-state index contributed by atoms with van der Waals surface area (Å²) in [4.78, 5) is 27.9. The Labute approximate surface area is 176 Å². The smallest absolute Gasteiger partial charge is 0.311 e. The van der Waals surface area contributed by atoms with E-state index in [9.17, 15) is 9.59 Å². The van der Waals surface area contributed by atoms with Crippen LogP contribution >= 0.6 is 23.1 Å². The van der Waals surface area contributed by atoms with E-state index >= 15 is 0 Å². The second-order valence-electron chi connectivity index (χ2n) is 6.03. The minimum atomic E-state index is -0.334. The number of esters is 1. The van der Waals surface area contributed by atoms with E-state index in [0.717, 1.165) is 16.8 Å². The molecule has 1 aromatic carbocycles. The van der Waals surface area contributed by atoms with Crippen LogP contribution in [-0.4, -0.2) is 39.4 Å². The maximum Gasteiger partial charge on any atom is 0.311 e. The molecule has 150 valence electrons. The van der Waals surface area contributed by atoms with Gasteiger partial charge in [0.2, 0.25) is 5.91 Å². The Morgan fingerprint density at radius 2 is 2.00 bits per heavy atom. The van der Waals surface area contributed by atoms with Crippen LogP contribution < -0.4 is 5.32 Å². The summed E-state index contributed by atoms with van der Waals surface area (Å²) in [5, 5.41) is 14.0. The van der Waals surface area contributed by atoms with Crippen LogP contribution in [0.2, 0.25) is 0 Å². The zero-order valence-corrected chi connectivity index (χ0v) is 17.7. The van der Waals surface area contributed by atoms with Crippen molar-refractivity contribution in [3.63, 3.8) is 0 Å².